The summed E-state index contributed by atoms with van der Waals surface area (Å²) >= 11 is 0. The number of amides is 7. The van der Waals surface area contributed by atoms with Crippen LogP contribution in [0.15, 0.2) is 115 Å². The van der Waals surface area contributed by atoms with Crippen molar-refractivity contribution in [3.8, 4) is 33.8 Å². The number of nitrogens with zero attached hydrogens (tertiary/aromatic N) is 2. The molecule has 5 aromatic carbocycles. The maximum Gasteiger partial charge on any atom is 0.407 e. The summed E-state index contributed by atoms with van der Waals surface area (Å²) in [5.74, 6) is -4.64. The molecule has 21 heteroatoms. The van der Waals surface area contributed by atoms with Gasteiger partial charge in [0.1, 0.15) is 47.3 Å². The number of hydrogen-bond donors (Lipinski definition) is 6. The first-order valence-electron chi connectivity index (χ1n) is 28.8. The largest absolute Gasteiger partial charge is 0.496 e. The Morgan fingerprint density at radius 2 is 1.37 bits per heavy atom. The topological polar surface area (TPSA) is 275 Å². The maximum absolute atomic E-state index is 15.2. The fraction of sp³-hybridized carbons (Fsp3) is 0.415. The Kier molecular flexibility index (Phi) is 24.2. The first-order valence-corrected chi connectivity index (χ1v) is 28.8. The van der Waals surface area contributed by atoms with E-state index >= 15 is 4.79 Å². The molecular formula is C65H82N8O13. The lowest BCUT2D eigenvalue weighted by molar-refractivity contribution is -0.145. The van der Waals surface area contributed by atoms with Crippen LogP contribution in [-0.4, -0.2) is 142 Å². The molecule has 0 radical (unpaired) electrons. The Bertz CT molecular complexity index is 3150. The van der Waals surface area contributed by atoms with E-state index in [0.717, 1.165) is 40.9 Å². The Labute approximate surface area is 503 Å². The second kappa shape index (κ2) is 31.4. The molecule has 0 fully saturated rings. The number of carbonyl (C=O) groups excluding carboxylic acids is 8. The molecule has 1 heterocycles. The van der Waals surface area contributed by atoms with Crippen molar-refractivity contribution in [1.82, 2.24) is 36.4 Å². The zero-order valence-corrected chi connectivity index (χ0v) is 50.8. The predicted molar refractivity (Wildman–Crippen MR) is 324 cm³/mol. The first kappa shape index (κ1) is 66.3. The van der Waals surface area contributed by atoms with E-state index in [1.54, 1.807) is 69.3 Å². The number of nitrogens with two attached hydrogens (primary N) is 1. The third kappa shape index (κ3) is 18.3. The van der Waals surface area contributed by atoms with E-state index in [2.05, 4.69) is 45.6 Å². The molecule has 6 atom stereocenters. The second-order valence-corrected chi connectivity index (χ2v) is 22.1. The molecule has 6 rings (SSSR count). The molecular weight excluding hydrogens is 1100 g/mol. The summed E-state index contributed by atoms with van der Waals surface area (Å²) in [6.45, 7) is 8.67. The van der Waals surface area contributed by atoms with Crippen LogP contribution >= 0.6 is 0 Å². The van der Waals surface area contributed by atoms with E-state index in [0.29, 0.717) is 34.6 Å². The van der Waals surface area contributed by atoms with Crippen molar-refractivity contribution >= 4 is 47.5 Å². The van der Waals surface area contributed by atoms with E-state index in [9.17, 15) is 33.6 Å². The number of methoxy groups -OCH3 is 3. The Hall–Kier alpha value is -8.82. The summed E-state index contributed by atoms with van der Waals surface area (Å²) in [5.41, 5.74) is 11.8. The van der Waals surface area contributed by atoms with Gasteiger partial charge >= 0.3 is 12.1 Å². The van der Waals surface area contributed by atoms with Crippen LogP contribution in [0.25, 0.3) is 22.3 Å². The standard InChI is InChI=1S/C65H82N8O13/c1-11-12-18-41-22-25-44(26-23-41)45-27-29-46(30-28-45)61(78)72(6)52(39-85-38-42-19-14-13-15-20-42)58(75)71-56(66)60(77)69-50(21-16-17-34-67-64(81)86-65(3,4)5)62(79)73(7)55-47-31-33-54(83-9)49(37-47)48-35-43(24-32-53(48)82-8)36-51(63(80)84-10)70-57(74)40(2)68-59(55)76/h13-15,19-20,22-33,35,37,40,50-52,55-56H,11-12,16-18,21,34,36,38-39,66H2,1-10H3,(H,67,81)(H,68,76)(H,69,77)(H,70,74)(H,71,75)/t40-,50-,51-,52+,55-,56-/m0/s1. The van der Waals surface area contributed by atoms with Crippen LogP contribution in [0.2, 0.25) is 0 Å². The molecule has 0 unspecified atom stereocenters. The number of ether oxygens (including phenoxy) is 5. The molecule has 0 spiro atoms. The van der Waals surface area contributed by atoms with Gasteiger partial charge in [0, 0.05) is 43.8 Å². The van der Waals surface area contributed by atoms with Crippen LogP contribution in [-0.2, 0) is 62.4 Å². The van der Waals surface area contributed by atoms with Gasteiger partial charge < -0.3 is 65.8 Å². The fourth-order valence-corrected chi connectivity index (χ4v) is 9.78. The lowest BCUT2D eigenvalue weighted by Gasteiger charge is -2.33. The Balaban J connectivity index is 1.29. The number of benzene rings is 5. The first-order chi connectivity index (χ1) is 41.0. The lowest BCUT2D eigenvalue weighted by atomic mass is 9.93. The van der Waals surface area contributed by atoms with E-state index in [1.807, 2.05) is 54.6 Å². The predicted octanol–water partition coefficient (Wildman–Crippen LogP) is 6.54. The van der Waals surface area contributed by atoms with Crippen molar-refractivity contribution < 1.29 is 62.0 Å². The summed E-state index contributed by atoms with van der Waals surface area (Å²) in [5, 5.41) is 13.3. The van der Waals surface area contributed by atoms with Gasteiger partial charge in [-0.2, -0.15) is 0 Å². The number of carbonyl (C=O) groups is 8. The number of alkyl carbamates (subject to hydrolysis) is 1. The molecule has 0 aliphatic carbocycles. The van der Waals surface area contributed by atoms with Gasteiger partial charge in [0.05, 0.1) is 34.5 Å². The maximum atomic E-state index is 15.2. The van der Waals surface area contributed by atoms with Gasteiger partial charge in [0.15, 0.2) is 6.17 Å². The van der Waals surface area contributed by atoms with Crippen LogP contribution in [0, 0.1) is 0 Å². The highest BCUT2D eigenvalue weighted by molar-refractivity contribution is 6.00. The molecule has 86 heavy (non-hydrogen) atoms. The average molecular weight is 1180 g/mol. The van der Waals surface area contributed by atoms with Crippen LogP contribution in [0.4, 0.5) is 4.79 Å². The SMILES string of the molecule is CCCCc1ccc(-c2ccc(C(=O)N(C)[C@H](COCc3ccccc3)C(=O)N[C@H](N)C(=O)N[C@@H](CCCCNC(=O)OC(C)(C)C)C(=O)N(C)[C@@H]3C(=O)N[C@@H](C)C(=O)N[C@H](C(=O)OC)Cc4ccc(OC)c(c4)-c4cc3ccc4OC)cc2)cc1. The van der Waals surface area contributed by atoms with Crippen LogP contribution in [0.5, 0.6) is 11.5 Å². The van der Waals surface area contributed by atoms with Gasteiger partial charge in [0.25, 0.3) is 11.8 Å². The number of unbranched alkanes of at least 4 members (excludes halogenated alkanes) is 2. The molecule has 1 aliphatic heterocycles. The fourth-order valence-electron chi connectivity index (χ4n) is 9.78. The highest BCUT2D eigenvalue weighted by Gasteiger charge is 2.38. The molecule has 1 aliphatic rings. The zero-order chi connectivity index (χ0) is 62.7. The molecule has 7 amide bonds. The third-order valence-electron chi connectivity index (χ3n) is 14.6. The number of fused-ring (bicyclic) bond motifs is 5. The highest BCUT2D eigenvalue weighted by Crippen LogP contribution is 2.40. The highest BCUT2D eigenvalue weighted by atomic mass is 16.6. The monoisotopic (exact) mass is 1180 g/mol. The molecule has 0 saturated carbocycles. The molecule has 0 aromatic heterocycles. The second-order valence-electron chi connectivity index (χ2n) is 22.1. The van der Waals surface area contributed by atoms with Crippen molar-refractivity contribution in [2.24, 2.45) is 5.73 Å². The number of aryl methyl sites for hydroxylation is 1. The average Bonchev–Trinajstić information content (AvgIpc) is 3.21. The summed E-state index contributed by atoms with van der Waals surface area (Å²) in [4.78, 5) is 115. The van der Waals surface area contributed by atoms with E-state index in [1.165, 1.54) is 52.8 Å². The molecule has 460 valence electrons. The molecule has 4 bridgehead atoms. The number of rotatable bonds is 24. The van der Waals surface area contributed by atoms with Crippen molar-refractivity contribution in [1.29, 1.82) is 0 Å². The number of nitrogens with one attached hydrogen (secondary N) is 5. The Morgan fingerprint density at radius 1 is 0.733 bits per heavy atom. The van der Waals surface area contributed by atoms with Crippen molar-refractivity contribution in [2.45, 2.75) is 128 Å². The van der Waals surface area contributed by atoms with Gasteiger partial charge in [-0.1, -0.05) is 92.2 Å². The minimum absolute atomic E-state index is 0.0146. The number of likely N-dealkylation sites (N-methyl/N-ethyl adjacent to an activating group) is 2. The molecule has 0 saturated heterocycles. The van der Waals surface area contributed by atoms with Crippen molar-refractivity contribution in [3.05, 3.63) is 143 Å². The summed E-state index contributed by atoms with van der Waals surface area (Å²) in [6.07, 6.45) is 1.20. The van der Waals surface area contributed by atoms with E-state index < -0.39 is 89.5 Å². The van der Waals surface area contributed by atoms with E-state index in [-0.39, 0.29) is 50.1 Å². The minimum atomic E-state index is -1.80. The van der Waals surface area contributed by atoms with Crippen molar-refractivity contribution in [3.63, 3.8) is 0 Å². The quantitative estimate of drug-likeness (QED) is 0.0218. The van der Waals surface area contributed by atoms with Gasteiger partial charge in [0.2, 0.25) is 23.6 Å². The van der Waals surface area contributed by atoms with Gasteiger partial charge in [-0.05, 0) is 130 Å². The van der Waals surface area contributed by atoms with Gasteiger partial charge in [-0.25, -0.2) is 9.59 Å². The van der Waals surface area contributed by atoms with Crippen LogP contribution < -0.4 is 41.8 Å². The van der Waals surface area contributed by atoms with Crippen LogP contribution in [0.1, 0.15) is 105 Å². The van der Waals surface area contributed by atoms with Crippen LogP contribution in [0.3, 0.4) is 0 Å². The number of esters is 1. The smallest absolute Gasteiger partial charge is 0.407 e. The number of hydrogen-bond acceptors (Lipinski definition) is 14. The summed E-state index contributed by atoms with van der Waals surface area (Å²) in [7, 11) is 6.94. The van der Waals surface area contributed by atoms with Crippen molar-refractivity contribution in [2.75, 3.05) is 48.6 Å². The summed E-state index contributed by atoms with van der Waals surface area (Å²) in [6, 6.07) is 27.9. The van der Waals surface area contributed by atoms with E-state index in [4.69, 9.17) is 29.4 Å². The summed E-state index contributed by atoms with van der Waals surface area (Å²) < 4.78 is 28.0. The Morgan fingerprint density at radius 3 is 2.00 bits per heavy atom. The molecule has 21 nitrogen and oxygen atoms in total. The normalized spacial score (nSPS) is 16.1. The van der Waals surface area contributed by atoms with Gasteiger partial charge in [-0.3, -0.25) is 28.8 Å². The van der Waals surface area contributed by atoms with Gasteiger partial charge in [-0.15, -0.1) is 0 Å². The molecule has 5 aromatic rings. The minimum Gasteiger partial charge on any atom is -0.496 e. The third-order valence-corrected chi connectivity index (χ3v) is 14.6. The molecule has 7 N–H and O–H groups in total. The lowest BCUT2D eigenvalue weighted by Crippen LogP contribution is -2.61. The zero-order valence-electron chi connectivity index (χ0n) is 50.8.